The number of fused-ring (bicyclic) bond motifs is 1. The number of nitrogens with one attached hydrogen (secondary N) is 1. The van der Waals surface area contributed by atoms with E-state index in [9.17, 15) is 14.9 Å². The molecular weight excluding hydrogens is 353 g/mol. The van der Waals surface area contributed by atoms with Gasteiger partial charge in [0.1, 0.15) is 0 Å². The molecule has 120 valence electrons. The van der Waals surface area contributed by atoms with E-state index in [-0.39, 0.29) is 22.1 Å². The number of nitro groups is 1. The average molecular weight is 362 g/mol. The Morgan fingerprint density at radius 1 is 1.25 bits per heavy atom. The lowest BCUT2D eigenvalue weighted by molar-refractivity contribution is -0.384. The van der Waals surface area contributed by atoms with Crippen molar-refractivity contribution in [1.82, 2.24) is 9.97 Å². The van der Waals surface area contributed by atoms with E-state index in [1.54, 1.807) is 30.3 Å². The summed E-state index contributed by atoms with van der Waals surface area (Å²) in [5, 5.41) is 11.8. The third kappa shape index (κ3) is 3.29. The van der Waals surface area contributed by atoms with Crippen molar-refractivity contribution in [3.05, 3.63) is 79.3 Å². The van der Waals surface area contributed by atoms with E-state index < -0.39 is 4.92 Å². The Morgan fingerprint density at radius 3 is 2.79 bits per heavy atom. The fourth-order valence-corrected chi connectivity index (χ4v) is 2.55. The third-order valence-electron chi connectivity index (χ3n) is 3.27. The second-order valence-electron chi connectivity index (χ2n) is 4.92. The number of aromatic amines is 1. The van der Waals surface area contributed by atoms with Crippen molar-refractivity contribution in [2.45, 2.75) is 0 Å². The lowest BCUT2D eigenvalue weighted by Crippen LogP contribution is -2.10. The van der Waals surface area contributed by atoms with Crippen LogP contribution in [0.2, 0.25) is 5.02 Å². The zero-order chi connectivity index (χ0) is 17.3. The number of rotatable bonds is 3. The van der Waals surface area contributed by atoms with Gasteiger partial charge in [0.05, 0.1) is 20.9 Å². The first-order chi connectivity index (χ1) is 11.4. The molecule has 0 aliphatic heterocycles. The van der Waals surface area contributed by atoms with Crippen LogP contribution in [0, 0.1) is 10.1 Å². The molecule has 8 heteroatoms. The van der Waals surface area contributed by atoms with E-state index in [1.807, 2.05) is 0 Å². The molecule has 1 aromatic heterocycles. The molecule has 0 fully saturated rings. The average Bonchev–Trinajstić information content (AvgIpc) is 2.54. The molecule has 0 bridgehead atoms. The van der Waals surface area contributed by atoms with Gasteiger partial charge in [-0.3, -0.25) is 14.9 Å². The van der Waals surface area contributed by atoms with Crippen molar-refractivity contribution in [1.29, 1.82) is 0 Å². The number of nitro benzene ring substituents is 1. The second kappa shape index (κ2) is 6.43. The number of hydrogen-bond acceptors (Lipinski definition) is 4. The van der Waals surface area contributed by atoms with Crippen molar-refractivity contribution in [2.75, 3.05) is 0 Å². The van der Waals surface area contributed by atoms with Crippen molar-refractivity contribution < 1.29 is 4.92 Å². The highest BCUT2D eigenvalue weighted by atomic mass is 35.5. The summed E-state index contributed by atoms with van der Waals surface area (Å²) in [4.78, 5) is 29.3. The summed E-state index contributed by atoms with van der Waals surface area (Å²) in [5.74, 6) is 0.155. The predicted octanol–water partition coefficient (Wildman–Crippen LogP) is 4.22. The third-order valence-corrected chi connectivity index (χ3v) is 3.79. The minimum atomic E-state index is -0.497. The maximum Gasteiger partial charge on any atom is 0.270 e. The summed E-state index contributed by atoms with van der Waals surface area (Å²) in [7, 11) is 0. The fraction of sp³-hybridized carbons (Fsp3) is 0. The van der Waals surface area contributed by atoms with Crippen LogP contribution in [-0.4, -0.2) is 14.9 Å². The Labute approximate surface area is 145 Å². The van der Waals surface area contributed by atoms with Crippen LogP contribution >= 0.6 is 23.2 Å². The number of aromatic nitrogens is 2. The number of benzene rings is 2. The monoisotopic (exact) mass is 361 g/mol. The van der Waals surface area contributed by atoms with Gasteiger partial charge in [0.2, 0.25) is 0 Å². The van der Waals surface area contributed by atoms with Gasteiger partial charge >= 0.3 is 0 Å². The Balaban J connectivity index is 2.08. The van der Waals surface area contributed by atoms with E-state index >= 15 is 0 Å². The predicted molar refractivity (Wildman–Crippen MR) is 94.2 cm³/mol. The molecule has 0 radical (unpaired) electrons. The van der Waals surface area contributed by atoms with Gasteiger partial charge in [-0.15, -0.1) is 0 Å². The number of H-pyrrole nitrogens is 1. The topological polar surface area (TPSA) is 88.9 Å². The lowest BCUT2D eigenvalue weighted by atomic mass is 10.2. The Kier molecular flexibility index (Phi) is 4.33. The van der Waals surface area contributed by atoms with Gasteiger partial charge in [-0.25, -0.2) is 4.98 Å². The number of nitrogens with zero attached hydrogens (tertiary/aromatic N) is 2. The van der Waals surface area contributed by atoms with Gasteiger partial charge in [0.25, 0.3) is 11.2 Å². The van der Waals surface area contributed by atoms with E-state index in [0.29, 0.717) is 21.5 Å². The molecule has 0 saturated carbocycles. The maximum atomic E-state index is 12.1. The molecule has 3 rings (SSSR count). The highest BCUT2D eigenvalue weighted by molar-refractivity contribution is 6.50. The molecule has 0 atom stereocenters. The summed E-state index contributed by atoms with van der Waals surface area (Å²) < 4.78 is 0. The molecule has 24 heavy (non-hydrogen) atoms. The van der Waals surface area contributed by atoms with Crippen LogP contribution in [0.5, 0.6) is 0 Å². The molecule has 0 unspecified atom stereocenters. The van der Waals surface area contributed by atoms with Crippen molar-refractivity contribution in [2.24, 2.45) is 0 Å². The highest BCUT2D eigenvalue weighted by Crippen LogP contribution is 2.23. The normalized spacial score (nSPS) is 11.7. The van der Waals surface area contributed by atoms with Crippen molar-refractivity contribution in [3.8, 4) is 0 Å². The van der Waals surface area contributed by atoms with Crippen LogP contribution in [0.15, 0.2) is 47.3 Å². The quantitative estimate of drug-likeness (QED) is 0.558. The molecule has 1 heterocycles. The second-order valence-corrected chi connectivity index (χ2v) is 5.76. The Bertz CT molecular complexity index is 1040. The molecule has 0 amide bonds. The Morgan fingerprint density at radius 2 is 2.04 bits per heavy atom. The summed E-state index contributed by atoms with van der Waals surface area (Å²) in [5.41, 5.74) is 0.520. The molecule has 0 saturated heterocycles. The number of halogens is 2. The fourth-order valence-electron chi connectivity index (χ4n) is 2.17. The summed E-state index contributed by atoms with van der Waals surface area (Å²) >= 11 is 12.1. The largest absolute Gasteiger partial charge is 0.305 e. The minimum absolute atomic E-state index is 0.0556. The van der Waals surface area contributed by atoms with Crippen LogP contribution < -0.4 is 5.56 Å². The van der Waals surface area contributed by atoms with E-state index in [4.69, 9.17) is 23.2 Å². The van der Waals surface area contributed by atoms with Gasteiger partial charge in [-0.2, -0.15) is 0 Å². The van der Waals surface area contributed by atoms with E-state index in [0.717, 1.165) is 0 Å². The van der Waals surface area contributed by atoms with Gasteiger partial charge in [0.15, 0.2) is 5.82 Å². The van der Waals surface area contributed by atoms with E-state index in [2.05, 4.69) is 9.97 Å². The number of hydrogen-bond donors (Lipinski definition) is 1. The molecule has 0 aliphatic rings. The molecule has 3 aromatic rings. The van der Waals surface area contributed by atoms with Gasteiger partial charge in [-0.05, 0) is 29.8 Å². The van der Waals surface area contributed by atoms with Crippen LogP contribution in [0.3, 0.4) is 0 Å². The molecule has 0 aliphatic carbocycles. The first-order valence-electron chi connectivity index (χ1n) is 6.75. The highest BCUT2D eigenvalue weighted by Gasteiger charge is 2.09. The smallest absolute Gasteiger partial charge is 0.270 e. The number of non-ortho nitro benzene ring substituents is 1. The van der Waals surface area contributed by atoms with Crippen LogP contribution in [0.4, 0.5) is 5.69 Å². The van der Waals surface area contributed by atoms with Crippen molar-refractivity contribution >= 4 is 50.9 Å². The first kappa shape index (κ1) is 16.2. The summed E-state index contributed by atoms with van der Waals surface area (Å²) in [6.45, 7) is 0. The van der Waals surface area contributed by atoms with Crippen LogP contribution in [0.25, 0.3) is 22.0 Å². The minimum Gasteiger partial charge on any atom is -0.305 e. The van der Waals surface area contributed by atoms with Gasteiger partial charge in [-0.1, -0.05) is 35.3 Å². The van der Waals surface area contributed by atoms with Crippen LogP contribution in [-0.2, 0) is 0 Å². The summed E-state index contributed by atoms with van der Waals surface area (Å²) in [6, 6.07) is 10.7. The molecule has 1 N–H and O–H groups in total. The first-order valence-corrected chi connectivity index (χ1v) is 7.51. The Hall–Kier alpha value is -2.70. The zero-order valence-electron chi connectivity index (χ0n) is 12.0. The zero-order valence-corrected chi connectivity index (χ0v) is 13.5. The van der Waals surface area contributed by atoms with Crippen molar-refractivity contribution in [3.63, 3.8) is 0 Å². The summed E-state index contributed by atoms with van der Waals surface area (Å²) in [6.07, 6.45) is 1.49. The molecular formula is C16H9Cl2N3O3. The SMILES string of the molecule is O=c1[nH]c(/C(Cl)=C/c2cccc([N+](=O)[O-])c2)nc2cc(Cl)ccc12. The van der Waals surface area contributed by atoms with Gasteiger partial charge < -0.3 is 4.98 Å². The maximum absolute atomic E-state index is 12.1. The molecule has 0 spiro atoms. The standard InChI is InChI=1S/C16H9Cl2N3O3/c17-10-4-5-12-14(8-10)19-15(20-16(12)22)13(18)7-9-2-1-3-11(6-9)21(23)24/h1-8H,(H,19,20,22)/b13-7-. The lowest BCUT2D eigenvalue weighted by Gasteiger charge is -2.03. The van der Waals surface area contributed by atoms with Crippen LogP contribution in [0.1, 0.15) is 11.4 Å². The van der Waals surface area contributed by atoms with Gasteiger partial charge in [0, 0.05) is 17.2 Å². The van der Waals surface area contributed by atoms with E-state index in [1.165, 1.54) is 18.2 Å². The molecule has 6 nitrogen and oxygen atoms in total. The molecule has 2 aromatic carbocycles.